The van der Waals surface area contributed by atoms with E-state index in [4.69, 9.17) is 23.7 Å². The highest BCUT2D eigenvalue weighted by Gasteiger charge is 2.58. The van der Waals surface area contributed by atoms with Gasteiger partial charge in [-0.25, -0.2) is 22.0 Å². The van der Waals surface area contributed by atoms with E-state index in [1.54, 1.807) is 30.3 Å². The van der Waals surface area contributed by atoms with Crippen LogP contribution in [0, 0.1) is 5.92 Å². The molecule has 1 aliphatic carbocycles. The standard InChI is InChI=1S/C30H24F5NO7/c1-15(37)40-14-41-18-5-8-22-26(11-18)42-25-10-17(39-2)4-7-21(25)30(22)20-6-3-16(9-19(20)29(38)43-30)36-24(13-32)28(35)27(34)23(33)12-31/h3-8,10-11,19,36H,9,12-14H2,1-2H3/b27-23-,28-24-. The molecule has 2 unspecified atom stereocenters. The lowest BCUT2D eigenvalue weighted by molar-refractivity contribution is -0.149. The summed E-state index contributed by atoms with van der Waals surface area (Å²) in [6, 6.07) is 9.71. The van der Waals surface area contributed by atoms with Crippen LogP contribution in [0.3, 0.4) is 0 Å². The molecule has 2 aromatic carbocycles. The van der Waals surface area contributed by atoms with Crippen molar-refractivity contribution in [2.24, 2.45) is 5.92 Å². The van der Waals surface area contributed by atoms with Gasteiger partial charge in [0.15, 0.2) is 23.1 Å². The lowest BCUT2D eigenvalue weighted by Gasteiger charge is -2.37. The van der Waals surface area contributed by atoms with Gasteiger partial charge in [-0.15, -0.1) is 0 Å². The Hall–Kier alpha value is -4.81. The van der Waals surface area contributed by atoms with Crippen molar-refractivity contribution in [2.45, 2.75) is 18.9 Å². The van der Waals surface area contributed by atoms with Crippen molar-refractivity contribution in [1.29, 1.82) is 0 Å². The molecule has 1 fully saturated rings. The number of allylic oxidation sites excluding steroid dienone is 7. The van der Waals surface area contributed by atoms with Crippen LogP contribution in [0.15, 0.2) is 83.0 Å². The summed E-state index contributed by atoms with van der Waals surface area (Å²) in [5.74, 6) is -6.90. The van der Waals surface area contributed by atoms with Crippen molar-refractivity contribution < 1.29 is 55.2 Å². The van der Waals surface area contributed by atoms with Gasteiger partial charge in [0, 0.05) is 42.3 Å². The molecule has 1 N–H and O–H groups in total. The summed E-state index contributed by atoms with van der Waals surface area (Å²) >= 11 is 0. The number of hydrogen-bond donors (Lipinski definition) is 1. The smallest absolute Gasteiger partial charge is 0.315 e. The number of methoxy groups -OCH3 is 1. The van der Waals surface area contributed by atoms with Gasteiger partial charge in [0.2, 0.25) is 6.79 Å². The van der Waals surface area contributed by atoms with E-state index in [1.807, 2.05) is 0 Å². The summed E-state index contributed by atoms with van der Waals surface area (Å²) in [5, 5.41) is 2.36. The zero-order chi connectivity index (χ0) is 30.9. The molecule has 2 heterocycles. The van der Waals surface area contributed by atoms with Crippen molar-refractivity contribution in [2.75, 3.05) is 27.3 Å². The minimum Gasteiger partial charge on any atom is -0.497 e. The number of carbonyl (C=O) groups excluding carboxylic acids is 2. The van der Waals surface area contributed by atoms with Crippen LogP contribution < -0.4 is 19.5 Å². The molecule has 2 aromatic rings. The molecule has 43 heavy (non-hydrogen) atoms. The molecular weight excluding hydrogens is 581 g/mol. The predicted molar refractivity (Wildman–Crippen MR) is 140 cm³/mol. The van der Waals surface area contributed by atoms with Crippen LogP contribution >= 0.6 is 0 Å². The van der Waals surface area contributed by atoms with Gasteiger partial charge in [-0.2, -0.15) is 0 Å². The number of alkyl halides is 2. The number of ether oxygens (including phenoxy) is 5. The number of esters is 2. The maximum absolute atomic E-state index is 14.4. The Balaban J connectivity index is 1.58. The van der Waals surface area contributed by atoms with Crippen molar-refractivity contribution in [3.8, 4) is 23.0 Å². The Morgan fingerprint density at radius 2 is 1.67 bits per heavy atom. The van der Waals surface area contributed by atoms with E-state index in [0.29, 0.717) is 33.9 Å². The first kappa shape index (κ1) is 29.7. The number of benzene rings is 2. The fourth-order valence-corrected chi connectivity index (χ4v) is 5.14. The summed E-state index contributed by atoms with van der Waals surface area (Å²) in [4.78, 5) is 24.5. The zero-order valence-corrected chi connectivity index (χ0v) is 22.8. The van der Waals surface area contributed by atoms with Gasteiger partial charge in [0.05, 0.1) is 18.7 Å². The number of nitrogens with one attached hydrogen (secondary N) is 1. The third kappa shape index (κ3) is 5.30. The van der Waals surface area contributed by atoms with E-state index < -0.39 is 60.0 Å². The molecule has 0 aromatic heterocycles. The molecule has 8 nitrogen and oxygen atoms in total. The first-order chi connectivity index (χ1) is 20.6. The van der Waals surface area contributed by atoms with Crippen LogP contribution in [-0.4, -0.2) is 39.2 Å². The normalized spacial score (nSPS) is 21.1. The highest BCUT2D eigenvalue weighted by atomic mass is 19.2. The molecule has 226 valence electrons. The maximum Gasteiger partial charge on any atom is 0.315 e. The fourth-order valence-electron chi connectivity index (χ4n) is 5.14. The third-order valence-corrected chi connectivity index (χ3v) is 7.07. The van der Waals surface area contributed by atoms with Gasteiger partial charge in [-0.3, -0.25) is 9.59 Å². The summed E-state index contributed by atoms with van der Waals surface area (Å²) < 4.78 is 95.4. The van der Waals surface area contributed by atoms with Crippen LogP contribution in [0.4, 0.5) is 22.0 Å². The van der Waals surface area contributed by atoms with E-state index in [1.165, 1.54) is 32.3 Å². The SMILES string of the molecule is COc1ccc2c(c1)Oc1cc(OCOC(C)=O)ccc1C21OC(=O)C2CC(N/C(CF)=C(F)/C(F)=C(/F)CF)=CC=C21. The summed E-state index contributed by atoms with van der Waals surface area (Å²) in [5.41, 5.74) is -0.938. The molecule has 1 spiro atoms. The molecule has 2 aliphatic heterocycles. The second-order valence-electron chi connectivity index (χ2n) is 9.60. The van der Waals surface area contributed by atoms with Crippen LogP contribution in [0.2, 0.25) is 0 Å². The first-order valence-corrected chi connectivity index (χ1v) is 12.9. The van der Waals surface area contributed by atoms with Crippen molar-refractivity contribution in [3.63, 3.8) is 0 Å². The molecule has 0 amide bonds. The van der Waals surface area contributed by atoms with Gasteiger partial charge in [-0.1, -0.05) is 6.08 Å². The lowest BCUT2D eigenvalue weighted by Crippen LogP contribution is -2.33. The Labute approximate surface area is 242 Å². The van der Waals surface area contributed by atoms with Gasteiger partial charge in [0.1, 0.15) is 36.3 Å². The van der Waals surface area contributed by atoms with Gasteiger partial charge in [0.25, 0.3) is 0 Å². The first-order valence-electron chi connectivity index (χ1n) is 12.9. The van der Waals surface area contributed by atoms with E-state index in [0.717, 1.165) is 0 Å². The topological polar surface area (TPSA) is 92.3 Å². The predicted octanol–water partition coefficient (Wildman–Crippen LogP) is 6.19. The molecule has 1 saturated heterocycles. The maximum atomic E-state index is 14.4. The summed E-state index contributed by atoms with van der Waals surface area (Å²) in [6.07, 6.45) is 2.84. The highest BCUT2D eigenvalue weighted by molar-refractivity contribution is 5.85. The van der Waals surface area contributed by atoms with Gasteiger partial charge >= 0.3 is 11.9 Å². The minimum atomic E-state index is -2.16. The zero-order valence-electron chi connectivity index (χ0n) is 22.8. The third-order valence-electron chi connectivity index (χ3n) is 7.07. The largest absolute Gasteiger partial charge is 0.497 e. The van der Waals surface area contributed by atoms with Crippen molar-refractivity contribution in [1.82, 2.24) is 5.32 Å². The number of hydrogen-bond acceptors (Lipinski definition) is 8. The van der Waals surface area contributed by atoms with Gasteiger partial charge < -0.3 is 29.0 Å². The Bertz CT molecular complexity index is 1620. The van der Waals surface area contributed by atoms with Crippen LogP contribution in [0.1, 0.15) is 24.5 Å². The van der Waals surface area contributed by atoms with E-state index in [2.05, 4.69) is 5.32 Å². The second kappa shape index (κ2) is 11.8. The Morgan fingerprint density at radius 1 is 1.00 bits per heavy atom. The van der Waals surface area contributed by atoms with Crippen LogP contribution in [0.25, 0.3) is 0 Å². The highest BCUT2D eigenvalue weighted by Crippen LogP contribution is 2.59. The number of rotatable bonds is 9. The number of carbonyl (C=O) groups is 2. The Morgan fingerprint density at radius 3 is 2.30 bits per heavy atom. The monoisotopic (exact) mass is 605 g/mol. The molecule has 3 aliphatic rings. The van der Waals surface area contributed by atoms with Crippen LogP contribution in [0.5, 0.6) is 23.0 Å². The fraction of sp³-hybridized carbons (Fsp3) is 0.267. The number of fused-ring (bicyclic) bond motifs is 6. The summed E-state index contributed by atoms with van der Waals surface area (Å²) in [7, 11) is 1.47. The minimum absolute atomic E-state index is 0.107. The average molecular weight is 606 g/mol. The molecular formula is C30H24F5NO7. The lowest BCUT2D eigenvalue weighted by atomic mass is 9.73. The molecule has 0 bridgehead atoms. The summed E-state index contributed by atoms with van der Waals surface area (Å²) in [6.45, 7) is -2.57. The van der Waals surface area contributed by atoms with E-state index in [9.17, 15) is 31.5 Å². The Kier molecular flexibility index (Phi) is 8.16. The molecule has 0 saturated carbocycles. The van der Waals surface area contributed by atoms with E-state index in [-0.39, 0.29) is 24.7 Å². The van der Waals surface area contributed by atoms with Crippen molar-refractivity contribution >= 4 is 11.9 Å². The van der Waals surface area contributed by atoms with Gasteiger partial charge in [-0.05, 0) is 35.9 Å². The van der Waals surface area contributed by atoms with Crippen LogP contribution in [-0.2, 0) is 24.7 Å². The second-order valence-corrected chi connectivity index (χ2v) is 9.60. The van der Waals surface area contributed by atoms with E-state index >= 15 is 0 Å². The number of halogens is 5. The average Bonchev–Trinajstić information content (AvgIpc) is 3.29. The molecule has 5 rings (SSSR count). The quantitative estimate of drug-likeness (QED) is 0.157. The molecule has 0 radical (unpaired) electrons. The molecule has 13 heteroatoms. The van der Waals surface area contributed by atoms with Crippen molar-refractivity contribution in [3.05, 3.63) is 94.1 Å². The molecule has 2 atom stereocenters.